The van der Waals surface area contributed by atoms with E-state index in [0.29, 0.717) is 11.1 Å². The van der Waals surface area contributed by atoms with Gasteiger partial charge < -0.3 is 14.8 Å². The Kier molecular flexibility index (Phi) is 5.20. The van der Waals surface area contributed by atoms with E-state index in [4.69, 9.17) is 21.3 Å². The van der Waals surface area contributed by atoms with Gasteiger partial charge in [0.2, 0.25) is 0 Å². The van der Waals surface area contributed by atoms with Gasteiger partial charge in [0.1, 0.15) is 16.5 Å². The van der Waals surface area contributed by atoms with E-state index in [-0.39, 0.29) is 11.7 Å². The zero-order valence-electron chi connectivity index (χ0n) is 17.3. The van der Waals surface area contributed by atoms with Crippen LogP contribution in [0.4, 0.5) is 0 Å². The van der Waals surface area contributed by atoms with Crippen LogP contribution in [-0.4, -0.2) is 56.7 Å². The Bertz CT molecular complexity index is 1120. The number of aromatic carboxylic acids is 1. The second-order valence-electron chi connectivity index (χ2n) is 8.56. The van der Waals surface area contributed by atoms with Gasteiger partial charge in [-0.15, -0.1) is 0 Å². The van der Waals surface area contributed by atoms with Crippen LogP contribution < -0.4 is 0 Å². The highest BCUT2D eigenvalue weighted by Crippen LogP contribution is 2.41. The monoisotopic (exact) mass is 440 g/mol. The molecule has 3 aromatic rings. The van der Waals surface area contributed by atoms with Crippen molar-refractivity contribution in [2.24, 2.45) is 0 Å². The number of nitrogens with one attached hydrogen (secondary N) is 1. The molecule has 4 heterocycles. The van der Waals surface area contributed by atoms with Crippen LogP contribution in [0, 0.1) is 0 Å². The molecule has 0 aliphatic carbocycles. The summed E-state index contributed by atoms with van der Waals surface area (Å²) in [6.45, 7) is 4.73. The average Bonchev–Trinajstić information content (AvgIpc) is 3.16. The van der Waals surface area contributed by atoms with Gasteiger partial charge in [-0.3, -0.25) is 4.90 Å². The van der Waals surface area contributed by atoms with E-state index in [1.54, 1.807) is 18.2 Å². The van der Waals surface area contributed by atoms with Crippen LogP contribution in [0.3, 0.4) is 0 Å². The number of carbonyl (C=O) groups is 1. The van der Waals surface area contributed by atoms with Crippen molar-refractivity contribution in [3.63, 3.8) is 0 Å². The number of rotatable bonds is 5. The lowest BCUT2D eigenvalue weighted by Gasteiger charge is -2.50. The molecule has 31 heavy (non-hydrogen) atoms. The SMILES string of the molecule is C[C@](c1nc2ccc(C(=O)O)cc2[nH]1)([C@@H]1CCO1)N1CCC(c2cccc(Cl)n2)CC1. The molecule has 2 fully saturated rings. The number of benzene rings is 1. The fourth-order valence-corrected chi connectivity index (χ4v) is 5.03. The Morgan fingerprint density at radius 3 is 2.65 bits per heavy atom. The van der Waals surface area contributed by atoms with Crippen LogP contribution in [-0.2, 0) is 10.3 Å². The summed E-state index contributed by atoms with van der Waals surface area (Å²) in [5.41, 5.74) is 2.40. The summed E-state index contributed by atoms with van der Waals surface area (Å²) in [6.07, 6.45) is 3.00. The maximum Gasteiger partial charge on any atom is 0.335 e. The van der Waals surface area contributed by atoms with E-state index in [9.17, 15) is 9.90 Å². The molecule has 0 bridgehead atoms. The molecule has 0 radical (unpaired) electrons. The second kappa shape index (κ2) is 7.89. The van der Waals surface area contributed by atoms with Crippen molar-refractivity contribution in [2.75, 3.05) is 19.7 Å². The fraction of sp³-hybridized carbons (Fsp3) is 0.435. The van der Waals surface area contributed by atoms with Gasteiger partial charge in [-0.05, 0) is 69.6 Å². The number of H-pyrrole nitrogens is 1. The Morgan fingerprint density at radius 1 is 1.23 bits per heavy atom. The Morgan fingerprint density at radius 2 is 2.00 bits per heavy atom. The third-order valence-electron chi connectivity index (χ3n) is 6.84. The first-order valence-corrected chi connectivity index (χ1v) is 11.1. The number of fused-ring (bicyclic) bond motifs is 1. The lowest BCUT2D eigenvalue weighted by atomic mass is 9.83. The molecule has 0 spiro atoms. The summed E-state index contributed by atoms with van der Waals surface area (Å²) < 4.78 is 5.96. The molecule has 2 aliphatic heterocycles. The predicted molar refractivity (Wildman–Crippen MR) is 118 cm³/mol. The number of pyridine rings is 1. The third kappa shape index (κ3) is 3.60. The highest BCUT2D eigenvalue weighted by molar-refractivity contribution is 6.29. The molecule has 1 aromatic carbocycles. The molecule has 0 saturated carbocycles. The molecule has 5 rings (SSSR count). The number of aromatic amines is 1. The van der Waals surface area contributed by atoms with Gasteiger partial charge in [0.05, 0.1) is 22.7 Å². The van der Waals surface area contributed by atoms with Crippen molar-refractivity contribution < 1.29 is 14.6 Å². The summed E-state index contributed by atoms with van der Waals surface area (Å²) in [5.74, 6) is 0.268. The third-order valence-corrected chi connectivity index (χ3v) is 7.05. The van der Waals surface area contributed by atoms with Crippen molar-refractivity contribution in [1.82, 2.24) is 19.9 Å². The number of halogens is 1. The standard InChI is InChI=1S/C23H25ClN4O3/c1-23(19-9-12-31-19,22-26-17-6-5-15(21(29)30)13-18(17)27-22)28-10-7-14(8-11-28)16-3-2-4-20(24)25-16/h2-6,13-14,19H,7-12H2,1H3,(H,26,27)(H,29,30)/t19-,23+/m0/s1. The number of carboxylic acids is 1. The van der Waals surface area contributed by atoms with Crippen LogP contribution in [0.15, 0.2) is 36.4 Å². The number of imidazole rings is 1. The quantitative estimate of drug-likeness (QED) is 0.578. The molecule has 2 saturated heterocycles. The lowest BCUT2D eigenvalue weighted by Crippen LogP contribution is -2.59. The van der Waals surface area contributed by atoms with Crippen LogP contribution in [0.5, 0.6) is 0 Å². The van der Waals surface area contributed by atoms with E-state index in [0.717, 1.165) is 61.5 Å². The molecule has 162 valence electrons. The first-order valence-electron chi connectivity index (χ1n) is 10.7. The maximum atomic E-state index is 11.4. The summed E-state index contributed by atoms with van der Waals surface area (Å²) in [4.78, 5) is 26.6. The minimum absolute atomic E-state index is 0.0489. The van der Waals surface area contributed by atoms with E-state index < -0.39 is 11.5 Å². The van der Waals surface area contributed by atoms with E-state index >= 15 is 0 Å². The minimum atomic E-state index is -0.945. The van der Waals surface area contributed by atoms with Gasteiger partial charge in [0.25, 0.3) is 0 Å². The molecule has 2 atom stereocenters. The Labute approximate surface area is 185 Å². The van der Waals surface area contributed by atoms with Crippen molar-refractivity contribution in [3.05, 3.63) is 58.6 Å². The minimum Gasteiger partial charge on any atom is -0.478 e. The zero-order chi connectivity index (χ0) is 21.6. The van der Waals surface area contributed by atoms with Crippen LogP contribution >= 0.6 is 11.6 Å². The number of ether oxygens (including phenoxy) is 1. The van der Waals surface area contributed by atoms with Gasteiger partial charge in [-0.2, -0.15) is 0 Å². The molecular weight excluding hydrogens is 416 g/mol. The number of aromatic nitrogens is 3. The Balaban J connectivity index is 1.43. The number of nitrogens with zero attached hydrogens (tertiary/aromatic N) is 3. The first-order chi connectivity index (χ1) is 14.9. The zero-order valence-corrected chi connectivity index (χ0v) is 18.1. The molecule has 8 heteroatoms. The van der Waals surface area contributed by atoms with E-state index in [1.807, 2.05) is 12.1 Å². The number of likely N-dealkylation sites (tertiary alicyclic amines) is 1. The summed E-state index contributed by atoms with van der Waals surface area (Å²) in [5, 5.41) is 9.85. The Hall–Kier alpha value is -2.48. The number of hydrogen-bond donors (Lipinski definition) is 2. The molecule has 0 unspecified atom stereocenters. The van der Waals surface area contributed by atoms with Gasteiger partial charge in [-0.25, -0.2) is 14.8 Å². The van der Waals surface area contributed by atoms with Crippen molar-refractivity contribution in [1.29, 1.82) is 0 Å². The highest BCUT2D eigenvalue weighted by atomic mass is 35.5. The normalized spacial score (nSPS) is 22.2. The molecular formula is C23H25ClN4O3. The molecule has 2 aromatic heterocycles. The van der Waals surface area contributed by atoms with Gasteiger partial charge in [0, 0.05) is 18.2 Å². The molecule has 0 amide bonds. The van der Waals surface area contributed by atoms with Gasteiger partial charge in [0.15, 0.2) is 0 Å². The van der Waals surface area contributed by atoms with Crippen LogP contribution in [0.25, 0.3) is 11.0 Å². The van der Waals surface area contributed by atoms with Gasteiger partial charge >= 0.3 is 5.97 Å². The number of hydrogen-bond acceptors (Lipinski definition) is 5. The highest BCUT2D eigenvalue weighted by Gasteiger charge is 2.48. The molecule has 2 N–H and O–H groups in total. The van der Waals surface area contributed by atoms with Gasteiger partial charge in [-0.1, -0.05) is 17.7 Å². The van der Waals surface area contributed by atoms with Crippen LogP contribution in [0.1, 0.15) is 54.0 Å². The smallest absolute Gasteiger partial charge is 0.335 e. The topological polar surface area (TPSA) is 91.3 Å². The second-order valence-corrected chi connectivity index (χ2v) is 8.95. The fourth-order valence-electron chi connectivity index (χ4n) is 4.86. The predicted octanol–water partition coefficient (Wildman–Crippen LogP) is 4.19. The first kappa shape index (κ1) is 20.4. The average molecular weight is 441 g/mol. The van der Waals surface area contributed by atoms with Crippen molar-refractivity contribution in [3.8, 4) is 0 Å². The molecule has 7 nitrogen and oxygen atoms in total. The summed E-state index contributed by atoms with van der Waals surface area (Å²) in [6, 6.07) is 10.8. The van der Waals surface area contributed by atoms with Crippen molar-refractivity contribution in [2.45, 2.75) is 43.7 Å². The van der Waals surface area contributed by atoms with Crippen LogP contribution in [0.2, 0.25) is 5.15 Å². The number of carboxylic acid groups (broad SMARTS) is 1. The summed E-state index contributed by atoms with van der Waals surface area (Å²) >= 11 is 6.10. The summed E-state index contributed by atoms with van der Waals surface area (Å²) in [7, 11) is 0. The molecule has 2 aliphatic rings. The van der Waals surface area contributed by atoms with E-state index in [1.165, 1.54) is 0 Å². The van der Waals surface area contributed by atoms with E-state index in [2.05, 4.69) is 27.9 Å². The maximum absolute atomic E-state index is 11.4. The largest absolute Gasteiger partial charge is 0.478 e. The lowest BCUT2D eigenvalue weighted by molar-refractivity contribution is -0.149. The van der Waals surface area contributed by atoms with Crippen molar-refractivity contribution >= 4 is 28.6 Å². The number of piperidine rings is 1.